The van der Waals surface area contributed by atoms with Crippen LogP contribution in [-0.4, -0.2) is 15.2 Å². The van der Waals surface area contributed by atoms with Gasteiger partial charge in [0.15, 0.2) is 0 Å². The second kappa shape index (κ2) is 5.01. The maximum atomic E-state index is 5.89. The molecule has 3 nitrogen and oxygen atoms in total. The molecular formula is C11H15N3S2. The summed E-state index contributed by atoms with van der Waals surface area (Å²) < 4.78 is 0. The van der Waals surface area contributed by atoms with E-state index in [1.807, 2.05) is 23.2 Å². The summed E-state index contributed by atoms with van der Waals surface area (Å²) in [6, 6.07) is 1.97. The minimum atomic E-state index is 0.603. The molecule has 2 aromatic rings. The van der Waals surface area contributed by atoms with Crippen LogP contribution in [0.1, 0.15) is 26.1 Å². The zero-order valence-corrected chi connectivity index (χ0v) is 11.1. The monoisotopic (exact) mass is 253 g/mol. The first kappa shape index (κ1) is 11.7. The highest BCUT2D eigenvalue weighted by molar-refractivity contribution is 7.99. The van der Waals surface area contributed by atoms with Gasteiger partial charge in [-0.3, -0.25) is 0 Å². The van der Waals surface area contributed by atoms with Crippen molar-refractivity contribution in [3.63, 3.8) is 0 Å². The second-order valence-electron chi connectivity index (χ2n) is 3.69. The van der Waals surface area contributed by atoms with E-state index in [4.69, 9.17) is 5.73 Å². The molecule has 0 radical (unpaired) electrons. The Morgan fingerprint density at radius 2 is 2.31 bits per heavy atom. The molecule has 2 aromatic heterocycles. The van der Waals surface area contributed by atoms with E-state index in [9.17, 15) is 0 Å². The van der Waals surface area contributed by atoms with Crippen LogP contribution in [0.2, 0.25) is 0 Å². The highest BCUT2D eigenvalue weighted by Crippen LogP contribution is 2.25. The summed E-state index contributed by atoms with van der Waals surface area (Å²) in [6.07, 6.45) is 1.17. The van der Waals surface area contributed by atoms with Crippen LogP contribution in [-0.2, 0) is 5.75 Å². The van der Waals surface area contributed by atoms with Gasteiger partial charge in [0.2, 0.25) is 0 Å². The molecular weight excluding hydrogens is 238 g/mol. The topological polar surface area (TPSA) is 51.8 Å². The van der Waals surface area contributed by atoms with E-state index in [-0.39, 0.29) is 0 Å². The minimum absolute atomic E-state index is 0.603. The van der Waals surface area contributed by atoms with Crippen molar-refractivity contribution in [3.05, 3.63) is 17.3 Å². The highest BCUT2D eigenvalue weighted by Gasteiger charge is 2.07. The molecule has 0 amide bonds. The molecule has 2 heterocycles. The molecule has 1 unspecified atom stereocenters. The molecule has 0 saturated carbocycles. The van der Waals surface area contributed by atoms with Crippen molar-refractivity contribution in [2.24, 2.45) is 0 Å². The lowest BCUT2D eigenvalue weighted by molar-refractivity contribution is 0.902. The highest BCUT2D eigenvalue weighted by atomic mass is 32.2. The number of nitrogen functional groups attached to an aromatic ring is 1. The summed E-state index contributed by atoms with van der Waals surface area (Å²) >= 11 is 3.49. The number of nitrogens with zero attached hydrogens (tertiary/aromatic N) is 2. The maximum Gasteiger partial charge on any atom is 0.142 e. The van der Waals surface area contributed by atoms with Crippen molar-refractivity contribution in [3.8, 4) is 0 Å². The maximum absolute atomic E-state index is 5.89. The van der Waals surface area contributed by atoms with Gasteiger partial charge < -0.3 is 5.73 Å². The fourth-order valence-corrected chi connectivity index (χ4v) is 2.91. The molecule has 2 N–H and O–H groups in total. The van der Waals surface area contributed by atoms with E-state index in [2.05, 4.69) is 23.8 Å². The Labute approximate surface area is 103 Å². The average molecular weight is 253 g/mol. The van der Waals surface area contributed by atoms with Crippen molar-refractivity contribution >= 4 is 39.1 Å². The van der Waals surface area contributed by atoms with Gasteiger partial charge in [0, 0.05) is 5.25 Å². The number of anilines is 1. The molecule has 5 heteroatoms. The number of thiophene rings is 1. The van der Waals surface area contributed by atoms with Crippen molar-refractivity contribution in [2.45, 2.75) is 31.3 Å². The fraction of sp³-hybridized carbons (Fsp3) is 0.455. The number of hydrogen-bond donors (Lipinski definition) is 1. The van der Waals surface area contributed by atoms with E-state index in [0.29, 0.717) is 11.1 Å². The van der Waals surface area contributed by atoms with Gasteiger partial charge in [-0.15, -0.1) is 11.3 Å². The van der Waals surface area contributed by atoms with E-state index < -0.39 is 0 Å². The van der Waals surface area contributed by atoms with Crippen LogP contribution in [0.15, 0.2) is 11.4 Å². The molecule has 0 aliphatic rings. The molecule has 0 aromatic carbocycles. The van der Waals surface area contributed by atoms with Gasteiger partial charge in [-0.1, -0.05) is 13.8 Å². The second-order valence-corrected chi connectivity index (χ2v) is 6.02. The summed E-state index contributed by atoms with van der Waals surface area (Å²) in [7, 11) is 0. The first-order valence-corrected chi connectivity index (χ1v) is 7.24. The number of aromatic nitrogens is 2. The van der Waals surface area contributed by atoms with E-state index in [1.54, 1.807) is 11.3 Å². The molecule has 0 bridgehead atoms. The van der Waals surface area contributed by atoms with Gasteiger partial charge in [-0.2, -0.15) is 11.8 Å². The first-order valence-electron chi connectivity index (χ1n) is 5.32. The third-order valence-electron chi connectivity index (χ3n) is 2.47. The lowest BCUT2D eigenvalue weighted by atomic mass is 10.4. The SMILES string of the molecule is CCC(C)SCc1nc(N)c2ccsc2n1. The Morgan fingerprint density at radius 1 is 1.50 bits per heavy atom. The molecule has 0 aliphatic heterocycles. The third-order valence-corrected chi connectivity index (χ3v) is 4.61. The lowest BCUT2D eigenvalue weighted by Crippen LogP contribution is -2.01. The predicted octanol–water partition coefficient (Wildman–Crippen LogP) is 3.31. The van der Waals surface area contributed by atoms with Crippen molar-refractivity contribution in [2.75, 3.05) is 5.73 Å². The zero-order chi connectivity index (χ0) is 11.5. The predicted molar refractivity (Wildman–Crippen MR) is 72.9 cm³/mol. The van der Waals surface area contributed by atoms with E-state index in [0.717, 1.165) is 21.8 Å². The Bertz CT molecular complexity index is 481. The van der Waals surface area contributed by atoms with Gasteiger partial charge in [-0.25, -0.2) is 9.97 Å². The van der Waals surface area contributed by atoms with Gasteiger partial charge >= 0.3 is 0 Å². The Morgan fingerprint density at radius 3 is 3.06 bits per heavy atom. The minimum Gasteiger partial charge on any atom is -0.383 e. The standard InChI is InChI=1S/C11H15N3S2/c1-3-7(2)16-6-9-13-10(12)8-4-5-15-11(8)14-9/h4-5,7H,3,6H2,1-2H3,(H2,12,13,14). The number of fused-ring (bicyclic) bond motifs is 1. The van der Waals surface area contributed by atoms with Crippen LogP contribution < -0.4 is 5.73 Å². The summed E-state index contributed by atoms with van der Waals surface area (Å²) in [5.41, 5.74) is 5.89. The van der Waals surface area contributed by atoms with Crippen LogP contribution in [0, 0.1) is 0 Å². The van der Waals surface area contributed by atoms with Crippen LogP contribution in [0.3, 0.4) is 0 Å². The fourth-order valence-electron chi connectivity index (χ4n) is 1.32. The van der Waals surface area contributed by atoms with E-state index >= 15 is 0 Å². The van der Waals surface area contributed by atoms with Crippen LogP contribution >= 0.6 is 23.1 Å². The number of nitrogens with two attached hydrogens (primary N) is 1. The van der Waals surface area contributed by atoms with Gasteiger partial charge in [0.05, 0.1) is 11.1 Å². The van der Waals surface area contributed by atoms with Crippen LogP contribution in [0.25, 0.3) is 10.2 Å². The summed E-state index contributed by atoms with van der Waals surface area (Å²) in [5, 5.41) is 3.62. The Balaban J connectivity index is 2.18. The van der Waals surface area contributed by atoms with Crippen molar-refractivity contribution in [1.29, 1.82) is 0 Å². The summed E-state index contributed by atoms with van der Waals surface area (Å²) in [4.78, 5) is 9.83. The van der Waals surface area contributed by atoms with Crippen LogP contribution in [0.4, 0.5) is 5.82 Å². The Kier molecular flexibility index (Phi) is 3.66. The van der Waals surface area contributed by atoms with Crippen molar-refractivity contribution < 1.29 is 0 Å². The Hall–Kier alpha value is -0.810. The van der Waals surface area contributed by atoms with Gasteiger partial charge in [0.25, 0.3) is 0 Å². The number of hydrogen-bond acceptors (Lipinski definition) is 5. The number of thioether (sulfide) groups is 1. The quantitative estimate of drug-likeness (QED) is 0.908. The molecule has 1 atom stereocenters. The van der Waals surface area contributed by atoms with Gasteiger partial charge in [-0.05, 0) is 17.9 Å². The molecule has 0 saturated heterocycles. The van der Waals surface area contributed by atoms with Crippen molar-refractivity contribution in [1.82, 2.24) is 9.97 Å². The smallest absolute Gasteiger partial charge is 0.142 e. The third kappa shape index (κ3) is 2.47. The molecule has 86 valence electrons. The largest absolute Gasteiger partial charge is 0.383 e. The molecule has 2 rings (SSSR count). The molecule has 0 spiro atoms. The molecule has 0 fully saturated rings. The number of rotatable bonds is 4. The van der Waals surface area contributed by atoms with Crippen LogP contribution in [0.5, 0.6) is 0 Å². The van der Waals surface area contributed by atoms with E-state index in [1.165, 1.54) is 6.42 Å². The average Bonchev–Trinajstić information content (AvgIpc) is 2.74. The molecule has 16 heavy (non-hydrogen) atoms. The summed E-state index contributed by atoms with van der Waals surface area (Å²) in [6.45, 7) is 4.41. The first-order chi connectivity index (χ1) is 7.70. The normalized spacial score (nSPS) is 13.1. The lowest BCUT2D eigenvalue weighted by Gasteiger charge is -2.07. The van der Waals surface area contributed by atoms with Gasteiger partial charge in [0.1, 0.15) is 16.5 Å². The summed E-state index contributed by atoms with van der Waals surface area (Å²) in [5.74, 6) is 2.29. The zero-order valence-electron chi connectivity index (χ0n) is 9.43. The molecule has 0 aliphatic carbocycles.